The summed E-state index contributed by atoms with van der Waals surface area (Å²) in [7, 11) is 0. The van der Waals surface area contributed by atoms with Crippen molar-refractivity contribution in [3.05, 3.63) is 88.4 Å². The lowest BCUT2D eigenvalue weighted by atomic mass is 9.99. The normalized spacial score (nSPS) is 10.3. The predicted molar refractivity (Wildman–Crippen MR) is 110 cm³/mol. The Morgan fingerprint density at radius 2 is 1.52 bits per heavy atom. The Kier molecular flexibility index (Phi) is 5.57. The number of anilines is 3. The van der Waals surface area contributed by atoms with Crippen LogP contribution >= 0.6 is 11.6 Å². The Labute approximate surface area is 163 Å². The van der Waals surface area contributed by atoms with Gasteiger partial charge in [0.1, 0.15) is 0 Å². The van der Waals surface area contributed by atoms with Crippen LogP contribution in [0.25, 0.3) is 0 Å². The highest BCUT2D eigenvalue weighted by Crippen LogP contribution is 2.29. The van der Waals surface area contributed by atoms with Crippen molar-refractivity contribution in [2.24, 2.45) is 0 Å². The summed E-state index contributed by atoms with van der Waals surface area (Å²) in [6.07, 6.45) is 0. The van der Waals surface area contributed by atoms with Crippen LogP contribution in [-0.4, -0.2) is 11.7 Å². The number of carbonyl (C=O) groups is 2. The van der Waals surface area contributed by atoms with E-state index in [4.69, 9.17) is 11.6 Å². The average molecular weight is 379 g/mol. The van der Waals surface area contributed by atoms with Crippen LogP contribution in [-0.2, 0) is 4.79 Å². The van der Waals surface area contributed by atoms with Gasteiger partial charge in [-0.15, -0.1) is 0 Å². The molecule has 0 unspecified atom stereocenters. The van der Waals surface area contributed by atoms with E-state index in [1.807, 2.05) is 43.3 Å². The van der Waals surface area contributed by atoms with Gasteiger partial charge in [-0.05, 0) is 42.8 Å². The van der Waals surface area contributed by atoms with Gasteiger partial charge in [-0.25, -0.2) is 0 Å². The molecule has 0 aliphatic rings. The lowest BCUT2D eigenvalue weighted by Gasteiger charge is -2.13. The molecule has 0 radical (unpaired) electrons. The Hall–Kier alpha value is -3.11. The minimum atomic E-state index is -0.151. The van der Waals surface area contributed by atoms with Gasteiger partial charge < -0.3 is 10.6 Å². The number of carbonyl (C=O) groups excluding carboxylic acids is 2. The number of rotatable bonds is 5. The van der Waals surface area contributed by atoms with Crippen molar-refractivity contribution < 1.29 is 9.59 Å². The number of hydrogen-bond acceptors (Lipinski definition) is 3. The molecule has 0 atom stereocenters. The van der Waals surface area contributed by atoms with E-state index in [-0.39, 0.29) is 11.7 Å². The first-order valence-corrected chi connectivity index (χ1v) is 8.87. The molecule has 5 heteroatoms. The molecule has 2 N–H and O–H groups in total. The Morgan fingerprint density at radius 1 is 0.852 bits per heavy atom. The van der Waals surface area contributed by atoms with E-state index in [0.29, 0.717) is 21.8 Å². The maximum absolute atomic E-state index is 12.8. The van der Waals surface area contributed by atoms with Crippen molar-refractivity contribution in [2.75, 3.05) is 10.6 Å². The molecule has 0 fully saturated rings. The van der Waals surface area contributed by atoms with Crippen LogP contribution in [0.4, 0.5) is 17.1 Å². The summed E-state index contributed by atoms with van der Waals surface area (Å²) in [5.41, 5.74) is 4.12. The van der Waals surface area contributed by atoms with Crippen LogP contribution in [0, 0.1) is 6.92 Å². The molecule has 3 aromatic carbocycles. The fraction of sp³-hybridized carbons (Fsp3) is 0.0909. The fourth-order valence-electron chi connectivity index (χ4n) is 2.80. The number of nitrogens with one attached hydrogen (secondary N) is 2. The van der Waals surface area contributed by atoms with Crippen LogP contribution in [0.1, 0.15) is 28.4 Å². The average Bonchev–Trinajstić information content (AvgIpc) is 2.63. The van der Waals surface area contributed by atoms with E-state index in [0.717, 1.165) is 16.9 Å². The molecule has 0 aliphatic carbocycles. The molecular weight excluding hydrogens is 360 g/mol. The van der Waals surface area contributed by atoms with Crippen molar-refractivity contribution in [3.8, 4) is 0 Å². The van der Waals surface area contributed by atoms with Crippen molar-refractivity contribution in [1.29, 1.82) is 0 Å². The van der Waals surface area contributed by atoms with Crippen molar-refractivity contribution in [3.63, 3.8) is 0 Å². The second-order valence-corrected chi connectivity index (χ2v) is 6.60. The fourth-order valence-corrected chi connectivity index (χ4v) is 3.06. The van der Waals surface area contributed by atoms with Crippen molar-refractivity contribution in [2.45, 2.75) is 13.8 Å². The molecule has 0 aromatic heterocycles. The number of halogens is 1. The lowest BCUT2D eigenvalue weighted by molar-refractivity contribution is -0.114. The predicted octanol–water partition coefficient (Wildman–Crippen LogP) is 5.58. The summed E-state index contributed by atoms with van der Waals surface area (Å²) in [5, 5.41) is 6.37. The summed E-state index contributed by atoms with van der Waals surface area (Å²) in [6, 6.07) is 20.0. The van der Waals surface area contributed by atoms with Gasteiger partial charge in [0.05, 0.1) is 16.4 Å². The molecule has 0 heterocycles. The first kappa shape index (κ1) is 18.7. The smallest absolute Gasteiger partial charge is 0.221 e. The van der Waals surface area contributed by atoms with Crippen LogP contribution < -0.4 is 10.6 Å². The van der Waals surface area contributed by atoms with Gasteiger partial charge in [-0.2, -0.15) is 0 Å². The number of para-hydroxylation sites is 2. The summed E-state index contributed by atoms with van der Waals surface area (Å²) in [5.74, 6) is -0.259. The summed E-state index contributed by atoms with van der Waals surface area (Å²) in [4.78, 5) is 24.1. The van der Waals surface area contributed by atoms with Gasteiger partial charge in [-0.3, -0.25) is 9.59 Å². The van der Waals surface area contributed by atoms with Gasteiger partial charge in [-0.1, -0.05) is 48.0 Å². The Balaban J connectivity index is 1.87. The molecule has 0 saturated heterocycles. The Morgan fingerprint density at radius 3 is 2.19 bits per heavy atom. The van der Waals surface area contributed by atoms with Crippen LogP contribution in [0.3, 0.4) is 0 Å². The second-order valence-electron chi connectivity index (χ2n) is 6.19. The second kappa shape index (κ2) is 8.06. The monoisotopic (exact) mass is 378 g/mol. The van der Waals surface area contributed by atoms with Crippen molar-refractivity contribution >= 4 is 40.4 Å². The zero-order valence-corrected chi connectivity index (χ0v) is 15.8. The topological polar surface area (TPSA) is 58.2 Å². The van der Waals surface area contributed by atoms with Gasteiger partial charge in [0, 0.05) is 23.7 Å². The highest BCUT2D eigenvalue weighted by atomic mass is 35.5. The van der Waals surface area contributed by atoms with E-state index in [9.17, 15) is 9.59 Å². The van der Waals surface area contributed by atoms with E-state index < -0.39 is 0 Å². The highest BCUT2D eigenvalue weighted by Gasteiger charge is 2.15. The highest BCUT2D eigenvalue weighted by molar-refractivity contribution is 6.35. The van der Waals surface area contributed by atoms with E-state index in [2.05, 4.69) is 10.6 Å². The van der Waals surface area contributed by atoms with Gasteiger partial charge in [0.15, 0.2) is 5.78 Å². The van der Waals surface area contributed by atoms with E-state index in [1.54, 1.807) is 30.3 Å². The SMILES string of the molecule is CC(=O)Nc1ccccc1Nc1ccc(C(=O)c2ccccc2C)c(Cl)c1. The van der Waals surface area contributed by atoms with Gasteiger partial charge in [0.2, 0.25) is 5.91 Å². The minimum absolute atomic E-state index is 0.108. The Bertz CT molecular complexity index is 1010. The molecule has 3 aromatic rings. The van der Waals surface area contributed by atoms with Crippen LogP contribution in [0.15, 0.2) is 66.7 Å². The first-order chi connectivity index (χ1) is 13.0. The molecule has 1 amide bonds. The lowest BCUT2D eigenvalue weighted by Crippen LogP contribution is -2.08. The first-order valence-electron chi connectivity index (χ1n) is 8.49. The zero-order valence-electron chi connectivity index (χ0n) is 15.0. The van der Waals surface area contributed by atoms with E-state index >= 15 is 0 Å². The molecule has 3 rings (SSSR count). The molecule has 0 bridgehead atoms. The maximum Gasteiger partial charge on any atom is 0.221 e. The van der Waals surface area contributed by atoms with Crippen LogP contribution in [0.5, 0.6) is 0 Å². The molecule has 0 spiro atoms. The quantitative estimate of drug-likeness (QED) is 0.569. The van der Waals surface area contributed by atoms with E-state index in [1.165, 1.54) is 6.92 Å². The standard InChI is InChI=1S/C22H19ClN2O2/c1-14-7-3-4-8-17(14)22(27)18-12-11-16(13-19(18)23)25-21-10-6-5-9-20(21)24-15(2)26/h3-13,25H,1-2H3,(H,24,26). The number of aryl methyl sites for hydroxylation is 1. The number of ketones is 1. The third kappa shape index (κ3) is 4.36. The summed E-state index contributed by atoms with van der Waals surface area (Å²) >= 11 is 6.39. The maximum atomic E-state index is 12.8. The summed E-state index contributed by atoms with van der Waals surface area (Å²) in [6.45, 7) is 3.36. The third-order valence-electron chi connectivity index (χ3n) is 4.12. The molecule has 136 valence electrons. The molecule has 27 heavy (non-hydrogen) atoms. The zero-order chi connectivity index (χ0) is 19.4. The molecular formula is C22H19ClN2O2. The molecule has 4 nitrogen and oxygen atoms in total. The van der Waals surface area contributed by atoms with Gasteiger partial charge in [0.25, 0.3) is 0 Å². The van der Waals surface area contributed by atoms with Gasteiger partial charge >= 0.3 is 0 Å². The number of benzene rings is 3. The van der Waals surface area contributed by atoms with Crippen LogP contribution in [0.2, 0.25) is 5.02 Å². The van der Waals surface area contributed by atoms with Crippen molar-refractivity contribution in [1.82, 2.24) is 0 Å². The third-order valence-corrected chi connectivity index (χ3v) is 4.43. The largest absolute Gasteiger partial charge is 0.354 e. The number of hydrogen-bond donors (Lipinski definition) is 2. The molecule has 0 aliphatic heterocycles. The molecule has 0 saturated carbocycles. The summed E-state index contributed by atoms with van der Waals surface area (Å²) < 4.78 is 0. The number of amides is 1. The minimum Gasteiger partial charge on any atom is -0.354 e.